The minimum absolute atomic E-state index is 0.110. The molecule has 0 aromatic carbocycles. The van der Waals surface area contributed by atoms with Crippen molar-refractivity contribution in [3.63, 3.8) is 0 Å². The van der Waals surface area contributed by atoms with Gasteiger partial charge in [-0.05, 0) is 12.8 Å². The van der Waals surface area contributed by atoms with Crippen LogP contribution in [0, 0.1) is 0 Å². The van der Waals surface area contributed by atoms with E-state index in [9.17, 15) is 4.79 Å². The smallest absolute Gasteiger partial charge is 0.323 e. The fourth-order valence-corrected chi connectivity index (χ4v) is 2.11. The molecule has 2 rings (SSSR count). The van der Waals surface area contributed by atoms with Crippen molar-refractivity contribution in [2.24, 2.45) is 0 Å². The third-order valence-electron chi connectivity index (χ3n) is 3.12. The molecule has 0 atom stereocenters. The van der Waals surface area contributed by atoms with Gasteiger partial charge in [-0.25, -0.2) is 4.79 Å². The van der Waals surface area contributed by atoms with E-state index in [0.29, 0.717) is 11.9 Å². The molecule has 1 aliphatic carbocycles. The van der Waals surface area contributed by atoms with Gasteiger partial charge in [0.2, 0.25) is 0 Å². The van der Waals surface area contributed by atoms with Gasteiger partial charge < -0.3 is 9.42 Å². The Hall–Kier alpha value is -1.52. The third kappa shape index (κ3) is 2.53. The largest absolute Gasteiger partial charge is 0.363 e. The first-order chi connectivity index (χ1) is 7.77. The molecular formula is C11H17N3O2. The number of nitrogens with zero attached hydrogens (tertiary/aromatic N) is 2. The van der Waals surface area contributed by atoms with E-state index in [2.05, 4.69) is 15.0 Å². The normalized spacial score (nSPS) is 17.1. The van der Waals surface area contributed by atoms with E-state index in [-0.39, 0.29) is 6.03 Å². The molecule has 1 N–H and O–H groups in total. The summed E-state index contributed by atoms with van der Waals surface area (Å²) >= 11 is 0. The van der Waals surface area contributed by atoms with Crippen molar-refractivity contribution in [2.45, 2.75) is 38.1 Å². The van der Waals surface area contributed by atoms with Crippen LogP contribution in [0.25, 0.3) is 0 Å². The molecule has 5 nitrogen and oxygen atoms in total. The number of nitrogens with one attached hydrogen (secondary N) is 1. The number of carbonyl (C=O) groups is 1. The summed E-state index contributed by atoms with van der Waals surface area (Å²) in [7, 11) is 1.84. The molecule has 16 heavy (non-hydrogen) atoms. The predicted molar refractivity (Wildman–Crippen MR) is 60.2 cm³/mol. The first kappa shape index (κ1) is 11.0. The molecule has 1 heterocycles. The topological polar surface area (TPSA) is 58.4 Å². The molecule has 2 amide bonds. The van der Waals surface area contributed by atoms with Gasteiger partial charge in [-0.3, -0.25) is 5.32 Å². The molecule has 1 saturated carbocycles. The Kier molecular flexibility index (Phi) is 3.44. The monoisotopic (exact) mass is 223 g/mol. The first-order valence-electron chi connectivity index (χ1n) is 5.71. The Morgan fingerprint density at radius 1 is 1.50 bits per heavy atom. The highest BCUT2D eigenvalue weighted by Gasteiger charge is 2.22. The number of aromatic nitrogens is 1. The lowest BCUT2D eigenvalue weighted by Gasteiger charge is -2.30. The molecule has 5 heteroatoms. The maximum Gasteiger partial charge on any atom is 0.323 e. The van der Waals surface area contributed by atoms with E-state index >= 15 is 0 Å². The molecule has 88 valence electrons. The van der Waals surface area contributed by atoms with Crippen LogP contribution in [0.2, 0.25) is 0 Å². The van der Waals surface area contributed by atoms with Crippen molar-refractivity contribution in [2.75, 3.05) is 12.4 Å². The van der Waals surface area contributed by atoms with Gasteiger partial charge in [0.05, 0.1) is 0 Å². The Bertz CT molecular complexity index is 331. The Morgan fingerprint density at radius 2 is 2.25 bits per heavy atom. The van der Waals surface area contributed by atoms with Crippen LogP contribution in [0.1, 0.15) is 32.1 Å². The van der Waals surface area contributed by atoms with Gasteiger partial charge in [0.25, 0.3) is 0 Å². The summed E-state index contributed by atoms with van der Waals surface area (Å²) in [4.78, 5) is 13.6. The average molecular weight is 223 g/mol. The lowest BCUT2D eigenvalue weighted by Crippen LogP contribution is -2.40. The molecule has 1 aliphatic rings. The quantitative estimate of drug-likeness (QED) is 0.837. The van der Waals surface area contributed by atoms with Gasteiger partial charge in [-0.1, -0.05) is 24.4 Å². The van der Waals surface area contributed by atoms with Crippen LogP contribution in [0.15, 0.2) is 16.9 Å². The Labute approximate surface area is 94.8 Å². The molecule has 0 aliphatic heterocycles. The molecule has 1 aromatic rings. The molecule has 0 saturated heterocycles. The number of hydrogen-bond donors (Lipinski definition) is 1. The predicted octanol–water partition coefficient (Wildman–Crippen LogP) is 2.47. The second kappa shape index (κ2) is 5.01. The SMILES string of the molecule is CN(C(=O)Nc1ccon1)C1CCCCC1. The van der Waals surface area contributed by atoms with E-state index in [1.807, 2.05) is 7.05 Å². The zero-order chi connectivity index (χ0) is 11.4. The number of hydrogen-bond acceptors (Lipinski definition) is 3. The van der Waals surface area contributed by atoms with E-state index in [0.717, 1.165) is 12.8 Å². The van der Waals surface area contributed by atoms with Crippen LogP contribution >= 0.6 is 0 Å². The lowest BCUT2D eigenvalue weighted by atomic mass is 9.95. The van der Waals surface area contributed by atoms with Gasteiger partial charge >= 0.3 is 6.03 Å². The van der Waals surface area contributed by atoms with Crippen LogP contribution in [0.5, 0.6) is 0 Å². The molecule has 0 spiro atoms. The van der Waals surface area contributed by atoms with Crippen LogP contribution in [0.4, 0.5) is 10.6 Å². The van der Waals surface area contributed by atoms with Crippen LogP contribution in [0.3, 0.4) is 0 Å². The summed E-state index contributed by atoms with van der Waals surface area (Å²) in [6, 6.07) is 1.88. The molecule has 0 radical (unpaired) electrons. The second-order valence-corrected chi connectivity index (χ2v) is 4.22. The summed E-state index contributed by atoms with van der Waals surface area (Å²) in [5.74, 6) is 0.465. The first-order valence-corrected chi connectivity index (χ1v) is 5.71. The number of urea groups is 1. The zero-order valence-corrected chi connectivity index (χ0v) is 9.48. The summed E-state index contributed by atoms with van der Waals surface area (Å²) in [6.07, 6.45) is 7.36. The highest BCUT2D eigenvalue weighted by atomic mass is 16.5. The van der Waals surface area contributed by atoms with E-state index in [4.69, 9.17) is 0 Å². The van der Waals surface area contributed by atoms with Crippen molar-refractivity contribution in [3.8, 4) is 0 Å². The third-order valence-corrected chi connectivity index (χ3v) is 3.12. The maximum absolute atomic E-state index is 11.8. The number of carbonyl (C=O) groups excluding carboxylic acids is 1. The molecule has 1 aromatic heterocycles. The minimum atomic E-state index is -0.110. The Balaban J connectivity index is 1.88. The van der Waals surface area contributed by atoms with E-state index < -0.39 is 0 Å². The van der Waals surface area contributed by atoms with Crippen molar-refractivity contribution in [3.05, 3.63) is 12.3 Å². The summed E-state index contributed by atoms with van der Waals surface area (Å²) < 4.78 is 4.66. The summed E-state index contributed by atoms with van der Waals surface area (Å²) in [6.45, 7) is 0. The summed E-state index contributed by atoms with van der Waals surface area (Å²) in [5, 5.41) is 6.35. The van der Waals surface area contributed by atoms with Crippen molar-refractivity contribution >= 4 is 11.8 Å². The lowest BCUT2D eigenvalue weighted by molar-refractivity contribution is 0.186. The molecule has 1 fully saturated rings. The van der Waals surface area contributed by atoms with Gasteiger partial charge in [0.15, 0.2) is 5.82 Å². The fourth-order valence-electron chi connectivity index (χ4n) is 2.11. The van der Waals surface area contributed by atoms with E-state index in [1.165, 1.54) is 25.5 Å². The van der Waals surface area contributed by atoms with Crippen LogP contribution < -0.4 is 5.32 Å². The average Bonchev–Trinajstić information content (AvgIpc) is 2.82. The molecule has 0 bridgehead atoms. The van der Waals surface area contributed by atoms with Gasteiger partial charge in [-0.15, -0.1) is 0 Å². The van der Waals surface area contributed by atoms with Gasteiger partial charge in [0.1, 0.15) is 6.26 Å². The van der Waals surface area contributed by atoms with Crippen molar-refractivity contribution in [1.82, 2.24) is 10.1 Å². The highest BCUT2D eigenvalue weighted by Crippen LogP contribution is 2.22. The zero-order valence-electron chi connectivity index (χ0n) is 9.48. The van der Waals surface area contributed by atoms with Crippen molar-refractivity contribution in [1.29, 1.82) is 0 Å². The standard InChI is InChI=1S/C11H17N3O2/c1-14(9-5-3-2-4-6-9)11(15)12-10-7-8-16-13-10/h7-9H,2-6H2,1H3,(H,12,13,15). The van der Waals surface area contributed by atoms with Crippen LogP contribution in [-0.2, 0) is 0 Å². The van der Waals surface area contributed by atoms with E-state index in [1.54, 1.807) is 11.0 Å². The Morgan fingerprint density at radius 3 is 2.88 bits per heavy atom. The van der Waals surface area contributed by atoms with Crippen molar-refractivity contribution < 1.29 is 9.32 Å². The fraction of sp³-hybridized carbons (Fsp3) is 0.636. The molecular weight excluding hydrogens is 206 g/mol. The van der Waals surface area contributed by atoms with Crippen LogP contribution in [-0.4, -0.2) is 29.2 Å². The maximum atomic E-state index is 11.8. The second-order valence-electron chi connectivity index (χ2n) is 4.22. The van der Waals surface area contributed by atoms with Gasteiger partial charge in [0, 0.05) is 19.2 Å². The summed E-state index contributed by atoms with van der Waals surface area (Å²) in [5.41, 5.74) is 0. The number of amides is 2. The van der Waals surface area contributed by atoms with Gasteiger partial charge in [-0.2, -0.15) is 0 Å². The molecule has 0 unspecified atom stereocenters. The highest BCUT2D eigenvalue weighted by molar-refractivity contribution is 5.88. The number of rotatable bonds is 2. The number of anilines is 1. The minimum Gasteiger partial charge on any atom is -0.363 e.